The zero-order valence-corrected chi connectivity index (χ0v) is 14.1. The fraction of sp³-hybridized carbons (Fsp3) is 0.471. The first kappa shape index (κ1) is 15.4. The van der Waals surface area contributed by atoms with Gasteiger partial charge < -0.3 is 14.2 Å². The molecule has 2 aliphatic heterocycles. The maximum atomic E-state index is 13.0. The Hall–Kier alpha value is -2.08. The predicted octanol–water partition coefficient (Wildman–Crippen LogP) is 2.95. The highest BCUT2D eigenvalue weighted by Crippen LogP contribution is 2.35. The molecule has 24 heavy (non-hydrogen) atoms. The van der Waals surface area contributed by atoms with E-state index in [4.69, 9.17) is 20.9 Å². The summed E-state index contributed by atoms with van der Waals surface area (Å²) in [5, 5.41) is 4.65. The Morgan fingerprint density at radius 3 is 3.08 bits per heavy atom. The Morgan fingerprint density at radius 1 is 1.42 bits per heavy atom. The largest absolute Gasteiger partial charge is 0.492 e. The van der Waals surface area contributed by atoms with Crippen LogP contribution in [-0.4, -0.2) is 34.1 Å². The van der Waals surface area contributed by atoms with Gasteiger partial charge in [-0.25, -0.2) is 0 Å². The summed E-state index contributed by atoms with van der Waals surface area (Å²) < 4.78 is 10.8. The summed E-state index contributed by atoms with van der Waals surface area (Å²) in [6, 6.07) is 5.44. The Balaban J connectivity index is 1.53. The molecule has 1 amide bonds. The molecule has 2 atom stereocenters. The van der Waals surface area contributed by atoms with Crippen LogP contribution in [0.2, 0.25) is 5.02 Å². The molecule has 0 radical (unpaired) electrons. The van der Waals surface area contributed by atoms with Crippen molar-refractivity contribution in [2.24, 2.45) is 5.92 Å². The number of carbonyl (C=O) groups excluding carboxylic acids is 1. The average molecular weight is 348 g/mol. The second kappa shape index (κ2) is 6.09. The predicted molar refractivity (Wildman–Crippen MR) is 86.9 cm³/mol. The number of likely N-dealkylation sites (tertiary alicyclic amines) is 1. The maximum absolute atomic E-state index is 13.0. The topological polar surface area (TPSA) is 68.5 Å². The van der Waals surface area contributed by atoms with Crippen LogP contribution in [0.25, 0.3) is 0 Å². The third-order valence-corrected chi connectivity index (χ3v) is 4.89. The number of aromatic nitrogens is 2. The van der Waals surface area contributed by atoms with Gasteiger partial charge in [-0.15, -0.1) is 0 Å². The number of rotatable bonds is 2. The second-order valence-electron chi connectivity index (χ2n) is 6.33. The van der Waals surface area contributed by atoms with Gasteiger partial charge in [0.2, 0.25) is 11.8 Å². The van der Waals surface area contributed by atoms with Crippen LogP contribution in [0.4, 0.5) is 0 Å². The molecule has 0 aliphatic carbocycles. The first-order valence-corrected chi connectivity index (χ1v) is 8.51. The lowest BCUT2D eigenvalue weighted by Crippen LogP contribution is -2.40. The van der Waals surface area contributed by atoms with Crippen LogP contribution in [0.3, 0.4) is 0 Å². The number of ether oxygens (including phenoxy) is 1. The summed E-state index contributed by atoms with van der Waals surface area (Å²) in [5.74, 6) is 1.82. The summed E-state index contributed by atoms with van der Waals surface area (Å²) >= 11 is 6.06. The van der Waals surface area contributed by atoms with Crippen molar-refractivity contribution in [3.8, 4) is 5.75 Å². The number of benzene rings is 1. The van der Waals surface area contributed by atoms with E-state index in [1.54, 1.807) is 13.0 Å². The molecule has 1 aromatic heterocycles. The van der Waals surface area contributed by atoms with Gasteiger partial charge >= 0.3 is 0 Å². The number of carbonyl (C=O) groups is 1. The van der Waals surface area contributed by atoms with Crippen molar-refractivity contribution < 1.29 is 14.1 Å². The molecule has 1 fully saturated rings. The monoisotopic (exact) mass is 347 g/mol. The summed E-state index contributed by atoms with van der Waals surface area (Å²) in [6.07, 6.45) is 2.45. The Kier molecular flexibility index (Phi) is 3.92. The minimum atomic E-state index is -0.204. The molecular formula is C17H18ClN3O3. The van der Waals surface area contributed by atoms with Gasteiger partial charge in [0.1, 0.15) is 12.4 Å². The van der Waals surface area contributed by atoms with E-state index in [9.17, 15) is 4.79 Å². The van der Waals surface area contributed by atoms with Crippen LogP contribution >= 0.6 is 11.6 Å². The highest BCUT2D eigenvalue weighted by Gasteiger charge is 2.38. The smallest absolute Gasteiger partial charge is 0.230 e. The van der Waals surface area contributed by atoms with Gasteiger partial charge in [-0.1, -0.05) is 16.8 Å². The first-order chi connectivity index (χ1) is 11.6. The van der Waals surface area contributed by atoms with Gasteiger partial charge in [0, 0.05) is 18.5 Å². The molecule has 0 N–H and O–H groups in total. The summed E-state index contributed by atoms with van der Waals surface area (Å²) in [7, 11) is 0. The van der Waals surface area contributed by atoms with Crippen molar-refractivity contribution in [1.82, 2.24) is 15.0 Å². The lowest BCUT2D eigenvalue weighted by atomic mass is 9.95. The number of halogens is 1. The second-order valence-corrected chi connectivity index (χ2v) is 6.76. The molecule has 7 heteroatoms. The molecule has 2 unspecified atom stereocenters. The fourth-order valence-electron chi connectivity index (χ4n) is 3.51. The van der Waals surface area contributed by atoms with Crippen LogP contribution in [0, 0.1) is 12.8 Å². The summed E-state index contributed by atoms with van der Waals surface area (Å²) in [4.78, 5) is 19.2. The summed E-state index contributed by atoms with van der Waals surface area (Å²) in [5.41, 5.74) is 0.984. The van der Waals surface area contributed by atoms with E-state index in [-0.39, 0.29) is 17.9 Å². The first-order valence-electron chi connectivity index (χ1n) is 8.14. The molecule has 0 bridgehead atoms. The minimum Gasteiger partial charge on any atom is -0.492 e. The van der Waals surface area contributed by atoms with Crippen LogP contribution in [-0.2, 0) is 11.2 Å². The Bertz CT molecular complexity index is 776. The lowest BCUT2D eigenvalue weighted by molar-refractivity contribution is -0.138. The van der Waals surface area contributed by atoms with Gasteiger partial charge in [-0.05, 0) is 43.0 Å². The standard InChI is InChI=1S/C17H18ClN3O3/c1-10-19-16(20-24-10)14-3-2-6-21(14)17(22)12-7-11-8-13(18)4-5-15(11)23-9-12/h4-5,8,12,14H,2-3,6-7,9H2,1H3. The van der Waals surface area contributed by atoms with Crippen molar-refractivity contribution in [2.75, 3.05) is 13.2 Å². The molecule has 0 saturated carbocycles. The summed E-state index contributed by atoms with van der Waals surface area (Å²) in [6.45, 7) is 2.87. The molecule has 1 saturated heterocycles. The molecule has 0 spiro atoms. The van der Waals surface area contributed by atoms with Crippen LogP contribution in [0.1, 0.15) is 36.2 Å². The number of hydrogen-bond acceptors (Lipinski definition) is 5. The van der Waals surface area contributed by atoms with Gasteiger partial charge in [0.25, 0.3) is 0 Å². The highest BCUT2D eigenvalue weighted by atomic mass is 35.5. The molecule has 6 nitrogen and oxygen atoms in total. The lowest BCUT2D eigenvalue weighted by Gasteiger charge is -2.30. The molecule has 4 rings (SSSR count). The van der Waals surface area contributed by atoms with Crippen molar-refractivity contribution >= 4 is 17.5 Å². The number of hydrogen-bond donors (Lipinski definition) is 0. The SMILES string of the molecule is Cc1nc(C2CCCN2C(=O)C2COc3ccc(Cl)cc3C2)no1. The van der Waals surface area contributed by atoms with Gasteiger partial charge in [-0.3, -0.25) is 4.79 Å². The molecular weight excluding hydrogens is 330 g/mol. The average Bonchev–Trinajstić information content (AvgIpc) is 3.22. The van der Waals surface area contributed by atoms with E-state index < -0.39 is 0 Å². The zero-order valence-electron chi connectivity index (χ0n) is 13.4. The van der Waals surface area contributed by atoms with E-state index >= 15 is 0 Å². The van der Waals surface area contributed by atoms with Gasteiger partial charge in [0.15, 0.2) is 5.82 Å². The number of nitrogens with zero attached hydrogens (tertiary/aromatic N) is 3. The van der Waals surface area contributed by atoms with Crippen molar-refractivity contribution in [1.29, 1.82) is 0 Å². The van der Waals surface area contributed by atoms with E-state index in [0.29, 0.717) is 29.8 Å². The van der Waals surface area contributed by atoms with Crippen molar-refractivity contribution in [3.63, 3.8) is 0 Å². The minimum absolute atomic E-state index is 0.0885. The Morgan fingerprint density at radius 2 is 2.29 bits per heavy atom. The third-order valence-electron chi connectivity index (χ3n) is 4.66. The van der Waals surface area contributed by atoms with E-state index in [1.165, 1.54) is 0 Å². The van der Waals surface area contributed by atoms with Crippen molar-refractivity contribution in [3.05, 3.63) is 40.5 Å². The molecule has 2 aliphatic rings. The highest BCUT2D eigenvalue weighted by molar-refractivity contribution is 6.30. The van der Waals surface area contributed by atoms with Crippen molar-refractivity contribution in [2.45, 2.75) is 32.2 Å². The number of amides is 1. The van der Waals surface area contributed by atoms with E-state index in [0.717, 1.165) is 30.7 Å². The van der Waals surface area contributed by atoms with Crippen LogP contribution in [0.15, 0.2) is 22.7 Å². The zero-order chi connectivity index (χ0) is 16.7. The fourth-order valence-corrected chi connectivity index (χ4v) is 3.70. The normalized spacial score (nSPS) is 23.0. The number of fused-ring (bicyclic) bond motifs is 1. The van der Waals surface area contributed by atoms with Crippen LogP contribution in [0.5, 0.6) is 5.75 Å². The maximum Gasteiger partial charge on any atom is 0.230 e. The molecule has 3 heterocycles. The van der Waals surface area contributed by atoms with Gasteiger partial charge in [0.05, 0.1) is 12.0 Å². The Labute approximate surface area is 144 Å². The van der Waals surface area contributed by atoms with E-state index in [2.05, 4.69) is 10.1 Å². The third kappa shape index (κ3) is 2.75. The molecule has 1 aromatic carbocycles. The quantitative estimate of drug-likeness (QED) is 0.835. The van der Waals surface area contributed by atoms with E-state index in [1.807, 2.05) is 17.0 Å². The molecule has 126 valence electrons. The van der Waals surface area contributed by atoms with Gasteiger partial charge in [-0.2, -0.15) is 4.98 Å². The number of aryl methyl sites for hydroxylation is 1. The van der Waals surface area contributed by atoms with Crippen LogP contribution < -0.4 is 4.74 Å². The molecule has 2 aromatic rings.